The molecule has 0 radical (unpaired) electrons. The lowest BCUT2D eigenvalue weighted by Crippen LogP contribution is -2.41. The zero-order chi connectivity index (χ0) is 15.5. The van der Waals surface area contributed by atoms with Crippen LogP contribution in [0.2, 0.25) is 0 Å². The van der Waals surface area contributed by atoms with Gasteiger partial charge in [-0.05, 0) is 35.4 Å². The van der Waals surface area contributed by atoms with E-state index in [2.05, 4.69) is 19.3 Å². The van der Waals surface area contributed by atoms with Crippen LogP contribution in [-0.2, 0) is 5.41 Å². The number of nitrogens with two attached hydrogens (primary N) is 1. The van der Waals surface area contributed by atoms with Crippen LogP contribution in [0.3, 0.4) is 0 Å². The van der Waals surface area contributed by atoms with Crippen molar-refractivity contribution in [1.29, 1.82) is 0 Å². The van der Waals surface area contributed by atoms with Gasteiger partial charge >= 0.3 is 0 Å². The van der Waals surface area contributed by atoms with E-state index in [1.54, 1.807) is 19.2 Å². The molecule has 0 fully saturated rings. The van der Waals surface area contributed by atoms with Gasteiger partial charge in [-0.15, -0.1) is 0 Å². The maximum absolute atomic E-state index is 13.1. The fourth-order valence-electron chi connectivity index (χ4n) is 2.56. The lowest BCUT2D eigenvalue weighted by atomic mass is 9.75. The Labute approximate surface area is 124 Å². The van der Waals surface area contributed by atoms with Gasteiger partial charge in [-0.1, -0.05) is 38.1 Å². The van der Waals surface area contributed by atoms with Gasteiger partial charge in [-0.2, -0.15) is 0 Å². The lowest BCUT2D eigenvalue weighted by molar-refractivity contribution is 0.351. The Balaban J connectivity index is 2.35. The number of hydrogen-bond acceptors (Lipinski definition) is 3. The molecule has 0 saturated heterocycles. The van der Waals surface area contributed by atoms with Crippen molar-refractivity contribution in [3.63, 3.8) is 0 Å². The van der Waals surface area contributed by atoms with Crippen molar-refractivity contribution in [2.45, 2.75) is 25.3 Å². The van der Waals surface area contributed by atoms with E-state index >= 15 is 0 Å². The third-order valence-electron chi connectivity index (χ3n) is 3.93. The molecule has 21 heavy (non-hydrogen) atoms. The Kier molecular flexibility index (Phi) is 4.60. The summed E-state index contributed by atoms with van der Waals surface area (Å²) in [5.41, 5.74) is 4.65. The second kappa shape index (κ2) is 6.24. The summed E-state index contributed by atoms with van der Waals surface area (Å²) in [5, 5.41) is 0. The summed E-state index contributed by atoms with van der Waals surface area (Å²) in [6.45, 7) is 4.16. The van der Waals surface area contributed by atoms with Gasteiger partial charge in [0.2, 0.25) is 0 Å². The Morgan fingerprint density at radius 2 is 1.62 bits per heavy atom. The van der Waals surface area contributed by atoms with Gasteiger partial charge in [0.1, 0.15) is 11.6 Å². The quantitative estimate of drug-likeness (QED) is 0.655. The Morgan fingerprint density at radius 1 is 1.05 bits per heavy atom. The van der Waals surface area contributed by atoms with Crippen LogP contribution in [-0.4, -0.2) is 7.11 Å². The predicted octanol–water partition coefficient (Wildman–Crippen LogP) is 3.32. The molecular weight excluding hydrogens is 267 g/mol. The van der Waals surface area contributed by atoms with Crippen LogP contribution in [0, 0.1) is 5.82 Å². The third kappa shape index (κ3) is 3.23. The molecule has 2 rings (SSSR count). The topological polar surface area (TPSA) is 47.3 Å². The van der Waals surface area contributed by atoms with E-state index < -0.39 is 0 Å². The summed E-state index contributed by atoms with van der Waals surface area (Å²) >= 11 is 0. The fourth-order valence-corrected chi connectivity index (χ4v) is 2.56. The highest BCUT2D eigenvalue weighted by Gasteiger charge is 2.31. The van der Waals surface area contributed by atoms with Crippen molar-refractivity contribution < 1.29 is 9.13 Å². The predicted molar refractivity (Wildman–Crippen MR) is 82.5 cm³/mol. The Morgan fingerprint density at radius 3 is 2.10 bits per heavy atom. The minimum Gasteiger partial charge on any atom is -0.497 e. The van der Waals surface area contributed by atoms with Crippen LogP contribution in [0.5, 0.6) is 5.75 Å². The molecule has 0 spiro atoms. The van der Waals surface area contributed by atoms with E-state index in [9.17, 15) is 4.39 Å². The smallest absolute Gasteiger partial charge is 0.123 e. The summed E-state index contributed by atoms with van der Waals surface area (Å²) < 4.78 is 18.3. The number of benzene rings is 2. The summed E-state index contributed by atoms with van der Waals surface area (Å²) in [6, 6.07) is 14.2. The molecule has 0 bridgehead atoms. The molecule has 0 amide bonds. The first-order valence-electron chi connectivity index (χ1n) is 6.85. The van der Waals surface area contributed by atoms with Crippen molar-refractivity contribution >= 4 is 0 Å². The van der Waals surface area contributed by atoms with E-state index in [1.807, 2.05) is 24.3 Å². The molecule has 4 heteroatoms. The lowest BCUT2D eigenvalue weighted by Gasteiger charge is -2.35. The van der Waals surface area contributed by atoms with Gasteiger partial charge in [0.15, 0.2) is 0 Å². The highest BCUT2D eigenvalue weighted by molar-refractivity contribution is 5.35. The largest absolute Gasteiger partial charge is 0.497 e. The zero-order valence-electron chi connectivity index (χ0n) is 12.6. The van der Waals surface area contributed by atoms with Gasteiger partial charge in [0.05, 0.1) is 13.2 Å². The highest BCUT2D eigenvalue weighted by atomic mass is 19.1. The minimum absolute atomic E-state index is 0.103. The molecule has 2 aromatic carbocycles. The van der Waals surface area contributed by atoms with E-state index in [-0.39, 0.29) is 17.3 Å². The van der Waals surface area contributed by atoms with Crippen LogP contribution in [0.4, 0.5) is 4.39 Å². The first kappa shape index (κ1) is 15.5. The standard InChI is InChI=1S/C17H21FN2O/c1-17(2,13-6-8-14(18)9-7-13)16(20-19)12-4-10-15(21-3)11-5-12/h4-11,16,20H,19H2,1-3H3. The van der Waals surface area contributed by atoms with Crippen LogP contribution < -0.4 is 16.0 Å². The van der Waals surface area contributed by atoms with E-state index in [0.717, 1.165) is 16.9 Å². The summed E-state index contributed by atoms with van der Waals surface area (Å²) in [4.78, 5) is 0. The molecular formula is C17H21FN2O. The third-order valence-corrected chi connectivity index (χ3v) is 3.93. The summed E-state index contributed by atoms with van der Waals surface area (Å²) in [6.07, 6.45) is 0. The summed E-state index contributed by atoms with van der Waals surface area (Å²) in [7, 11) is 1.64. The van der Waals surface area contributed by atoms with Crippen LogP contribution in [0.25, 0.3) is 0 Å². The van der Waals surface area contributed by atoms with Crippen molar-refractivity contribution in [3.8, 4) is 5.75 Å². The molecule has 1 unspecified atom stereocenters. The van der Waals surface area contributed by atoms with Gasteiger partial charge in [0.25, 0.3) is 0 Å². The molecule has 0 heterocycles. The van der Waals surface area contributed by atoms with E-state index in [1.165, 1.54) is 12.1 Å². The fraction of sp³-hybridized carbons (Fsp3) is 0.294. The Bertz CT molecular complexity index is 579. The van der Waals surface area contributed by atoms with Gasteiger partial charge in [-0.25, -0.2) is 4.39 Å². The molecule has 0 aliphatic heterocycles. The normalized spacial score (nSPS) is 13.0. The number of halogens is 1. The Hall–Kier alpha value is -1.91. The van der Waals surface area contributed by atoms with Crippen LogP contribution in [0.1, 0.15) is 31.0 Å². The van der Waals surface area contributed by atoms with Gasteiger partial charge in [0, 0.05) is 5.41 Å². The average molecular weight is 288 g/mol. The van der Waals surface area contributed by atoms with Crippen molar-refractivity contribution in [1.82, 2.24) is 5.43 Å². The SMILES string of the molecule is COc1ccc(C(NN)C(C)(C)c2ccc(F)cc2)cc1. The molecule has 1 atom stereocenters. The molecule has 0 saturated carbocycles. The molecule has 2 aromatic rings. The maximum Gasteiger partial charge on any atom is 0.123 e. The van der Waals surface area contributed by atoms with Crippen LogP contribution >= 0.6 is 0 Å². The number of rotatable bonds is 5. The van der Waals surface area contributed by atoms with Crippen molar-refractivity contribution in [2.75, 3.05) is 7.11 Å². The molecule has 0 aliphatic carbocycles. The summed E-state index contributed by atoms with van der Waals surface area (Å²) in [5.74, 6) is 6.33. The number of hydrazine groups is 1. The molecule has 3 N–H and O–H groups in total. The number of nitrogens with one attached hydrogen (secondary N) is 1. The molecule has 112 valence electrons. The second-order valence-corrected chi connectivity index (χ2v) is 5.60. The highest BCUT2D eigenvalue weighted by Crippen LogP contribution is 2.36. The van der Waals surface area contributed by atoms with E-state index in [0.29, 0.717) is 0 Å². The van der Waals surface area contributed by atoms with Crippen molar-refractivity contribution in [2.24, 2.45) is 5.84 Å². The maximum atomic E-state index is 13.1. The second-order valence-electron chi connectivity index (χ2n) is 5.60. The first-order valence-corrected chi connectivity index (χ1v) is 6.85. The molecule has 0 aromatic heterocycles. The minimum atomic E-state index is -0.295. The average Bonchev–Trinajstić information content (AvgIpc) is 2.49. The van der Waals surface area contributed by atoms with E-state index in [4.69, 9.17) is 10.6 Å². The van der Waals surface area contributed by atoms with Crippen LogP contribution in [0.15, 0.2) is 48.5 Å². The number of hydrogen-bond donors (Lipinski definition) is 2. The first-order chi connectivity index (χ1) is 9.98. The zero-order valence-corrected chi connectivity index (χ0v) is 12.6. The number of ether oxygens (including phenoxy) is 1. The molecule has 3 nitrogen and oxygen atoms in total. The van der Waals surface area contributed by atoms with Gasteiger partial charge < -0.3 is 4.74 Å². The van der Waals surface area contributed by atoms with Crippen molar-refractivity contribution in [3.05, 3.63) is 65.5 Å². The molecule has 0 aliphatic rings. The number of methoxy groups -OCH3 is 1. The van der Waals surface area contributed by atoms with Gasteiger partial charge in [-0.3, -0.25) is 11.3 Å². The monoisotopic (exact) mass is 288 g/mol.